The number of hydrogen-bond acceptors (Lipinski definition) is 5. The van der Waals surface area contributed by atoms with Crippen molar-refractivity contribution in [2.75, 3.05) is 10.7 Å². The van der Waals surface area contributed by atoms with Gasteiger partial charge in [-0.2, -0.15) is 4.98 Å². The molecular weight excluding hydrogens is 362 g/mol. The van der Waals surface area contributed by atoms with Gasteiger partial charge in [0.2, 0.25) is 5.95 Å². The van der Waals surface area contributed by atoms with Gasteiger partial charge in [-0.3, -0.25) is 5.43 Å². The summed E-state index contributed by atoms with van der Waals surface area (Å²) in [5, 5.41) is 3.20. The van der Waals surface area contributed by atoms with Crippen LogP contribution in [0.3, 0.4) is 0 Å². The topological polar surface area (TPSA) is 75.9 Å². The Morgan fingerprint density at radius 2 is 1.94 bits per heavy atom. The van der Waals surface area contributed by atoms with Gasteiger partial charge in [0.25, 0.3) is 0 Å². The first kappa shape index (κ1) is 13.3. The molecule has 1 heterocycles. The number of aromatic nitrogens is 2. The predicted octanol–water partition coefficient (Wildman–Crippen LogP) is 3.34. The second-order valence-corrected chi connectivity index (χ2v) is 5.38. The SMILES string of the molecule is Cc1cc(Nc2ccc(Br)cc2Br)nc(NN)n1. The van der Waals surface area contributed by atoms with Crippen LogP contribution in [0.4, 0.5) is 17.5 Å². The van der Waals surface area contributed by atoms with Crippen molar-refractivity contribution in [3.8, 4) is 0 Å². The van der Waals surface area contributed by atoms with Crippen molar-refractivity contribution in [2.24, 2.45) is 5.84 Å². The Kier molecular flexibility index (Phi) is 4.15. The van der Waals surface area contributed by atoms with Gasteiger partial charge >= 0.3 is 0 Å². The molecule has 0 radical (unpaired) electrons. The minimum atomic E-state index is 0.380. The summed E-state index contributed by atoms with van der Waals surface area (Å²) in [7, 11) is 0. The predicted molar refractivity (Wildman–Crippen MR) is 79.7 cm³/mol. The van der Waals surface area contributed by atoms with Gasteiger partial charge in [-0.1, -0.05) is 15.9 Å². The van der Waals surface area contributed by atoms with E-state index in [1.54, 1.807) is 0 Å². The second-order valence-electron chi connectivity index (χ2n) is 3.61. The lowest BCUT2D eigenvalue weighted by molar-refractivity contribution is 1.07. The lowest BCUT2D eigenvalue weighted by Gasteiger charge is -2.10. The fraction of sp³-hybridized carbons (Fsp3) is 0.0909. The highest BCUT2D eigenvalue weighted by Crippen LogP contribution is 2.28. The highest BCUT2D eigenvalue weighted by atomic mass is 79.9. The number of aryl methyl sites for hydroxylation is 1. The molecule has 0 atom stereocenters. The van der Waals surface area contributed by atoms with Gasteiger partial charge in [-0.25, -0.2) is 10.8 Å². The number of hydrazine groups is 1. The Morgan fingerprint density at radius 3 is 2.61 bits per heavy atom. The number of nitrogen functional groups attached to an aromatic ring is 1. The molecule has 0 amide bonds. The van der Waals surface area contributed by atoms with E-state index in [-0.39, 0.29) is 0 Å². The molecule has 2 aromatic rings. The summed E-state index contributed by atoms with van der Waals surface area (Å²) in [6, 6.07) is 7.69. The third-order valence-corrected chi connectivity index (χ3v) is 3.33. The van der Waals surface area contributed by atoms with Gasteiger partial charge in [-0.05, 0) is 41.1 Å². The maximum atomic E-state index is 5.31. The van der Waals surface area contributed by atoms with E-state index in [9.17, 15) is 0 Å². The molecule has 1 aromatic carbocycles. The zero-order chi connectivity index (χ0) is 13.1. The maximum absolute atomic E-state index is 5.31. The molecule has 0 saturated heterocycles. The Labute approximate surface area is 121 Å². The third-order valence-electron chi connectivity index (χ3n) is 2.18. The Morgan fingerprint density at radius 1 is 1.17 bits per heavy atom. The highest BCUT2D eigenvalue weighted by molar-refractivity contribution is 9.11. The summed E-state index contributed by atoms with van der Waals surface area (Å²) in [5.41, 5.74) is 4.18. The van der Waals surface area contributed by atoms with Crippen LogP contribution in [0.2, 0.25) is 0 Å². The monoisotopic (exact) mass is 371 g/mol. The van der Waals surface area contributed by atoms with Crippen molar-refractivity contribution in [1.82, 2.24) is 9.97 Å². The number of nitrogens with two attached hydrogens (primary N) is 1. The van der Waals surface area contributed by atoms with Crippen molar-refractivity contribution in [1.29, 1.82) is 0 Å². The zero-order valence-electron chi connectivity index (χ0n) is 9.54. The van der Waals surface area contributed by atoms with Crippen molar-refractivity contribution in [3.05, 3.63) is 38.9 Å². The second kappa shape index (κ2) is 5.64. The Hall–Kier alpha value is -1.18. The van der Waals surface area contributed by atoms with Gasteiger partial charge in [0.15, 0.2) is 0 Å². The standard InChI is InChI=1S/C11H11Br2N5/c1-6-4-10(17-11(15-6)18-14)16-9-3-2-7(12)5-8(9)13/h2-5H,14H2,1H3,(H2,15,16,17,18). The molecule has 0 aliphatic rings. The average molecular weight is 373 g/mol. The smallest absolute Gasteiger partial charge is 0.239 e. The Balaban J connectivity index is 2.30. The first-order valence-electron chi connectivity index (χ1n) is 5.13. The minimum absolute atomic E-state index is 0.380. The normalized spacial score (nSPS) is 10.2. The van der Waals surface area contributed by atoms with Gasteiger partial charge in [0, 0.05) is 20.7 Å². The van der Waals surface area contributed by atoms with Crippen LogP contribution >= 0.6 is 31.9 Å². The number of hydrogen-bond donors (Lipinski definition) is 3. The van der Waals surface area contributed by atoms with Crippen LogP contribution < -0.4 is 16.6 Å². The van der Waals surface area contributed by atoms with E-state index in [0.29, 0.717) is 11.8 Å². The highest BCUT2D eigenvalue weighted by Gasteiger charge is 2.04. The first-order valence-corrected chi connectivity index (χ1v) is 6.71. The summed E-state index contributed by atoms with van der Waals surface area (Å²) in [6.45, 7) is 1.88. The third kappa shape index (κ3) is 3.18. The van der Waals surface area contributed by atoms with Gasteiger partial charge < -0.3 is 5.32 Å². The summed E-state index contributed by atoms with van der Waals surface area (Å²) in [5.74, 6) is 6.37. The van der Waals surface area contributed by atoms with E-state index in [1.807, 2.05) is 31.2 Å². The minimum Gasteiger partial charge on any atom is -0.339 e. The van der Waals surface area contributed by atoms with Crippen LogP contribution in [0.25, 0.3) is 0 Å². The van der Waals surface area contributed by atoms with Crippen LogP contribution in [0, 0.1) is 6.92 Å². The molecule has 0 saturated carbocycles. The van der Waals surface area contributed by atoms with Crippen molar-refractivity contribution in [2.45, 2.75) is 6.92 Å². The largest absolute Gasteiger partial charge is 0.339 e. The molecule has 7 heteroatoms. The van der Waals surface area contributed by atoms with E-state index in [2.05, 4.69) is 52.6 Å². The van der Waals surface area contributed by atoms with E-state index >= 15 is 0 Å². The summed E-state index contributed by atoms with van der Waals surface area (Å²) in [4.78, 5) is 8.34. The molecule has 0 unspecified atom stereocenters. The molecule has 94 valence electrons. The van der Waals surface area contributed by atoms with E-state index in [4.69, 9.17) is 5.84 Å². The van der Waals surface area contributed by atoms with Gasteiger partial charge in [0.1, 0.15) is 5.82 Å². The molecule has 18 heavy (non-hydrogen) atoms. The number of nitrogens with zero attached hydrogens (tertiary/aromatic N) is 2. The molecule has 0 aliphatic carbocycles. The Bertz CT molecular complexity index is 573. The van der Waals surface area contributed by atoms with Gasteiger partial charge in [-0.15, -0.1) is 0 Å². The van der Waals surface area contributed by atoms with E-state index < -0.39 is 0 Å². The molecular formula is C11H11Br2N5. The van der Waals surface area contributed by atoms with Crippen LogP contribution in [-0.4, -0.2) is 9.97 Å². The van der Waals surface area contributed by atoms with Gasteiger partial charge in [0.05, 0.1) is 5.69 Å². The zero-order valence-corrected chi connectivity index (χ0v) is 12.7. The average Bonchev–Trinajstić information content (AvgIpc) is 2.32. The van der Waals surface area contributed by atoms with Crippen LogP contribution in [0.15, 0.2) is 33.2 Å². The number of rotatable bonds is 3. The van der Waals surface area contributed by atoms with Crippen molar-refractivity contribution < 1.29 is 0 Å². The molecule has 1 aromatic heterocycles. The number of halogens is 2. The summed E-state index contributed by atoms with van der Waals surface area (Å²) < 4.78 is 1.94. The quantitative estimate of drug-likeness (QED) is 0.569. The van der Waals surface area contributed by atoms with Crippen LogP contribution in [-0.2, 0) is 0 Å². The number of benzene rings is 1. The van der Waals surface area contributed by atoms with Crippen molar-refractivity contribution >= 4 is 49.3 Å². The molecule has 4 N–H and O–H groups in total. The fourth-order valence-corrected chi connectivity index (χ4v) is 2.57. The molecule has 0 spiro atoms. The number of anilines is 3. The molecule has 0 fully saturated rings. The molecule has 0 aliphatic heterocycles. The molecule has 5 nitrogen and oxygen atoms in total. The van der Waals surface area contributed by atoms with Crippen LogP contribution in [0.5, 0.6) is 0 Å². The molecule has 2 rings (SSSR count). The first-order chi connectivity index (χ1) is 8.58. The lowest BCUT2D eigenvalue weighted by atomic mass is 10.3. The van der Waals surface area contributed by atoms with Crippen molar-refractivity contribution in [3.63, 3.8) is 0 Å². The van der Waals surface area contributed by atoms with E-state index in [1.165, 1.54) is 0 Å². The summed E-state index contributed by atoms with van der Waals surface area (Å²) in [6.07, 6.45) is 0. The number of nitrogens with one attached hydrogen (secondary N) is 2. The van der Waals surface area contributed by atoms with Crippen LogP contribution in [0.1, 0.15) is 5.69 Å². The summed E-state index contributed by atoms with van der Waals surface area (Å²) >= 11 is 6.89. The fourth-order valence-electron chi connectivity index (χ4n) is 1.43. The lowest BCUT2D eigenvalue weighted by Crippen LogP contribution is -2.11. The maximum Gasteiger partial charge on any atom is 0.239 e. The molecule has 0 bridgehead atoms. The van der Waals surface area contributed by atoms with E-state index in [0.717, 1.165) is 20.3 Å².